The number of benzene rings is 1. The average molecular weight is 262 g/mol. The second-order valence-electron chi connectivity index (χ2n) is 4.74. The van der Waals surface area contributed by atoms with Gasteiger partial charge >= 0.3 is 0 Å². The summed E-state index contributed by atoms with van der Waals surface area (Å²) < 4.78 is 13.0. The van der Waals surface area contributed by atoms with Crippen molar-refractivity contribution in [3.63, 3.8) is 0 Å². The van der Waals surface area contributed by atoms with Crippen LogP contribution in [0.5, 0.6) is 11.5 Å². The smallest absolute Gasteiger partial charge is 0.162 e. The van der Waals surface area contributed by atoms with E-state index in [0.29, 0.717) is 6.54 Å². The minimum atomic E-state index is 0.711. The molecule has 1 heterocycles. The SMILES string of the molecule is COc1cc2c(CCCN)c(C)n(C)c2cc1OC. The van der Waals surface area contributed by atoms with Gasteiger partial charge in [0.2, 0.25) is 0 Å². The molecule has 104 valence electrons. The Balaban J connectivity index is 2.65. The van der Waals surface area contributed by atoms with Crippen molar-refractivity contribution in [2.75, 3.05) is 20.8 Å². The second-order valence-corrected chi connectivity index (χ2v) is 4.74. The summed E-state index contributed by atoms with van der Waals surface area (Å²) in [5.74, 6) is 1.54. The fraction of sp³-hybridized carbons (Fsp3) is 0.467. The largest absolute Gasteiger partial charge is 0.493 e. The highest BCUT2D eigenvalue weighted by molar-refractivity contribution is 5.88. The van der Waals surface area contributed by atoms with Crippen LogP contribution < -0.4 is 15.2 Å². The van der Waals surface area contributed by atoms with Crippen molar-refractivity contribution >= 4 is 10.9 Å². The van der Waals surface area contributed by atoms with E-state index in [-0.39, 0.29) is 0 Å². The molecule has 0 fully saturated rings. The maximum absolute atomic E-state index is 5.63. The van der Waals surface area contributed by atoms with Crippen LogP contribution in [0.15, 0.2) is 12.1 Å². The summed E-state index contributed by atoms with van der Waals surface area (Å²) in [5, 5.41) is 1.23. The average Bonchev–Trinajstić information content (AvgIpc) is 2.67. The number of ether oxygens (including phenoxy) is 2. The molecule has 1 aromatic carbocycles. The van der Waals surface area contributed by atoms with E-state index < -0.39 is 0 Å². The molecule has 0 bridgehead atoms. The van der Waals surface area contributed by atoms with E-state index in [1.165, 1.54) is 22.2 Å². The van der Waals surface area contributed by atoms with Gasteiger partial charge in [0.25, 0.3) is 0 Å². The molecule has 19 heavy (non-hydrogen) atoms. The zero-order chi connectivity index (χ0) is 14.0. The lowest BCUT2D eigenvalue weighted by atomic mass is 10.1. The van der Waals surface area contributed by atoms with Crippen LogP contribution in [-0.2, 0) is 13.5 Å². The first-order valence-corrected chi connectivity index (χ1v) is 6.54. The summed E-state index contributed by atoms with van der Waals surface area (Å²) in [6.07, 6.45) is 1.99. The van der Waals surface area contributed by atoms with E-state index in [2.05, 4.69) is 24.6 Å². The summed E-state index contributed by atoms with van der Waals surface area (Å²) in [4.78, 5) is 0. The molecule has 0 aliphatic carbocycles. The van der Waals surface area contributed by atoms with Gasteiger partial charge in [-0.25, -0.2) is 0 Å². The molecule has 0 aliphatic heterocycles. The Kier molecular flexibility index (Phi) is 4.00. The summed E-state index contributed by atoms with van der Waals surface area (Å²) in [6.45, 7) is 2.86. The fourth-order valence-electron chi connectivity index (χ4n) is 2.56. The molecule has 0 amide bonds. The Morgan fingerprint density at radius 1 is 1.16 bits per heavy atom. The van der Waals surface area contributed by atoms with Gasteiger partial charge in [0.05, 0.1) is 19.7 Å². The first kappa shape index (κ1) is 13.7. The normalized spacial score (nSPS) is 11.0. The lowest BCUT2D eigenvalue weighted by Gasteiger charge is -2.08. The number of hydrogen-bond acceptors (Lipinski definition) is 3. The van der Waals surface area contributed by atoms with E-state index >= 15 is 0 Å². The van der Waals surface area contributed by atoms with Gasteiger partial charge < -0.3 is 19.8 Å². The van der Waals surface area contributed by atoms with Crippen LogP contribution in [0.4, 0.5) is 0 Å². The summed E-state index contributed by atoms with van der Waals surface area (Å²) in [7, 11) is 5.41. The molecule has 2 N–H and O–H groups in total. The van der Waals surface area contributed by atoms with Crippen molar-refractivity contribution in [2.24, 2.45) is 12.8 Å². The van der Waals surface area contributed by atoms with E-state index in [4.69, 9.17) is 15.2 Å². The van der Waals surface area contributed by atoms with Crippen LogP contribution in [0.1, 0.15) is 17.7 Å². The highest BCUT2D eigenvalue weighted by atomic mass is 16.5. The van der Waals surface area contributed by atoms with Gasteiger partial charge in [-0.2, -0.15) is 0 Å². The van der Waals surface area contributed by atoms with Gasteiger partial charge in [0.15, 0.2) is 11.5 Å². The molecule has 2 rings (SSSR count). The van der Waals surface area contributed by atoms with Gasteiger partial charge in [0.1, 0.15) is 0 Å². The molecule has 4 nitrogen and oxygen atoms in total. The zero-order valence-electron chi connectivity index (χ0n) is 12.1. The van der Waals surface area contributed by atoms with Crippen LogP contribution >= 0.6 is 0 Å². The molecule has 0 radical (unpaired) electrons. The van der Waals surface area contributed by atoms with Gasteiger partial charge in [-0.05, 0) is 37.9 Å². The summed E-state index contributed by atoms with van der Waals surface area (Å²) in [5.41, 5.74) is 9.42. The molecule has 4 heteroatoms. The van der Waals surface area contributed by atoms with Crippen molar-refractivity contribution < 1.29 is 9.47 Å². The molecule has 0 saturated heterocycles. The van der Waals surface area contributed by atoms with E-state index in [1.807, 2.05) is 6.07 Å². The lowest BCUT2D eigenvalue weighted by molar-refractivity contribution is 0.355. The number of aryl methyl sites for hydroxylation is 2. The van der Waals surface area contributed by atoms with Gasteiger partial charge in [-0.15, -0.1) is 0 Å². The number of hydrogen-bond donors (Lipinski definition) is 1. The van der Waals surface area contributed by atoms with Crippen molar-refractivity contribution in [1.29, 1.82) is 0 Å². The van der Waals surface area contributed by atoms with Crippen molar-refractivity contribution in [1.82, 2.24) is 4.57 Å². The minimum absolute atomic E-state index is 0.711. The predicted molar refractivity (Wildman–Crippen MR) is 78.1 cm³/mol. The Morgan fingerprint density at radius 2 is 1.79 bits per heavy atom. The van der Waals surface area contributed by atoms with Crippen molar-refractivity contribution in [3.8, 4) is 11.5 Å². The molecule has 0 spiro atoms. The lowest BCUT2D eigenvalue weighted by Crippen LogP contribution is -2.01. The molecular formula is C15H22N2O2. The third kappa shape index (κ3) is 2.28. The Morgan fingerprint density at radius 3 is 2.37 bits per heavy atom. The van der Waals surface area contributed by atoms with Gasteiger partial charge in [0, 0.05) is 24.2 Å². The number of fused-ring (bicyclic) bond motifs is 1. The molecule has 2 aromatic rings. The highest BCUT2D eigenvalue weighted by Gasteiger charge is 2.15. The number of nitrogens with zero attached hydrogens (tertiary/aromatic N) is 1. The van der Waals surface area contributed by atoms with E-state index in [0.717, 1.165) is 24.3 Å². The van der Waals surface area contributed by atoms with Crippen LogP contribution in [0.3, 0.4) is 0 Å². The van der Waals surface area contributed by atoms with E-state index in [1.54, 1.807) is 14.2 Å². The van der Waals surface area contributed by atoms with Crippen LogP contribution in [-0.4, -0.2) is 25.3 Å². The second kappa shape index (κ2) is 5.53. The summed E-state index contributed by atoms with van der Waals surface area (Å²) >= 11 is 0. The molecule has 0 atom stereocenters. The molecule has 0 saturated carbocycles. The first-order chi connectivity index (χ1) is 9.13. The number of rotatable bonds is 5. The van der Waals surface area contributed by atoms with Gasteiger partial charge in [-0.1, -0.05) is 0 Å². The summed E-state index contributed by atoms with van der Waals surface area (Å²) in [6, 6.07) is 4.10. The van der Waals surface area contributed by atoms with Crippen molar-refractivity contribution in [2.45, 2.75) is 19.8 Å². The third-order valence-corrected chi connectivity index (χ3v) is 3.76. The monoisotopic (exact) mass is 262 g/mol. The highest BCUT2D eigenvalue weighted by Crippen LogP contribution is 2.36. The number of nitrogens with two attached hydrogens (primary N) is 1. The van der Waals surface area contributed by atoms with Crippen molar-refractivity contribution in [3.05, 3.63) is 23.4 Å². The Bertz CT molecular complexity index is 588. The third-order valence-electron chi connectivity index (χ3n) is 3.76. The number of aromatic nitrogens is 1. The molecular weight excluding hydrogens is 240 g/mol. The van der Waals surface area contributed by atoms with Crippen LogP contribution in [0.2, 0.25) is 0 Å². The maximum atomic E-state index is 5.63. The topological polar surface area (TPSA) is 49.4 Å². The fourth-order valence-corrected chi connectivity index (χ4v) is 2.56. The molecule has 0 unspecified atom stereocenters. The van der Waals surface area contributed by atoms with Crippen LogP contribution in [0, 0.1) is 6.92 Å². The quantitative estimate of drug-likeness (QED) is 0.900. The first-order valence-electron chi connectivity index (χ1n) is 6.54. The Labute approximate surface area is 114 Å². The van der Waals surface area contributed by atoms with Gasteiger partial charge in [-0.3, -0.25) is 0 Å². The maximum Gasteiger partial charge on any atom is 0.162 e. The van der Waals surface area contributed by atoms with E-state index in [9.17, 15) is 0 Å². The number of methoxy groups -OCH3 is 2. The minimum Gasteiger partial charge on any atom is -0.493 e. The molecule has 1 aromatic heterocycles. The molecule has 0 aliphatic rings. The van der Waals surface area contributed by atoms with Crippen LogP contribution in [0.25, 0.3) is 10.9 Å². The predicted octanol–water partition coefficient (Wildman–Crippen LogP) is 2.40. The zero-order valence-corrected chi connectivity index (χ0v) is 12.1. The Hall–Kier alpha value is -1.68. The standard InChI is InChI=1S/C15H22N2O2/c1-10-11(6-5-7-16)12-8-14(18-3)15(19-4)9-13(12)17(10)2/h8-9H,5-7,16H2,1-4H3.